The van der Waals surface area contributed by atoms with Crippen molar-refractivity contribution in [3.05, 3.63) is 0 Å². The number of nitrogens with zero attached hydrogens (tertiary/aromatic N) is 1. The van der Waals surface area contributed by atoms with E-state index in [2.05, 4.69) is 26.1 Å². The highest BCUT2D eigenvalue weighted by molar-refractivity contribution is 5.76. The number of nitrogens with one attached hydrogen (secondary N) is 1. The molecule has 0 bridgehead atoms. The van der Waals surface area contributed by atoms with Gasteiger partial charge in [0.25, 0.3) is 0 Å². The van der Waals surface area contributed by atoms with Crippen LogP contribution in [0.25, 0.3) is 0 Å². The Morgan fingerprint density at radius 2 is 1.93 bits per heavy atom. The van der Waals surface area contributed by atoms with E-state index in [9.17, 15) is 4.79 Å². The van der Waals surface area contributed by atoms with Crippen LogP contribution < -0.4 is 5.32 Å². The molecule has 0 atom stereocenters. The molecule has 0 aromatic rings. The van der Waals surface area contributed by atoms with Gasteiger partial charge in [-0.05, 0) is 12.0 Å². The third kappa shape index (κ3) is 6.89. The van der Waals surface area contributed by atoms with Crippen molar-refractivity contribution in [2.24, 2.45) is 5.41 Å². The zero-order chi connectivity index (χ0) is 11.2. The Morgan fingerprint density at radius 3 is 2.36 bits per heavy atom. The minimum absolute atomic E-state index is 0.183. The average Bonchev–Trinajstić information content (AvgIpc) is 2.01. The van der Waals surface area contributed by atoms with Gasteiger partial charge in [0.15, 0.2) is 0 Å². The van der Waals surface area contributed by atoms with Gasteiger partial charge in [-0.2, -0.15) is 0 Å². The van der Waals surface area contributed by atoms with Crippen molar-refractivity contribution in [2.45, 2.75) is 34.1 Å². The highest BCUT2D eigenvalue weighted by atomic mass is 16.2. The summed E-state index contributed by atoms with van der Waals surface area (Å²) in [5.41, 5.74) is 0.183. The molecule has 0 aliphatic rings. The van der Waals surface area contributed by atoms with E-state index in [4.69, 9.17) is 0 Å². The molecule has 0 saturated carbocycles. The van der Waals surface area contributed by atoms with E-state index in [1.807, 2.05) is 18.9 Å². The third-order valence-electron chi connectivity index (χ3n) is 1.90. The van der Waals surface area contributed by atoms with Gasteiger partial charge in [-0.25, -0.2) is 0 Å². The molecular weight excluding hydrogens is 176 g/mol. The Kier molecular flexibility index (Phi) is 5.77. The molecule has 3 heteroatoms. The molecule has 0 aliphatic carbocycles. The molecule has 0 heterocycles. The second-order valence-corrected chi connectivity index (χ2v) is 4.91. The lowest BCUT2D eigenvalue weighted by molar-refractivity contribution is -0.130. The predicted octanol–water partition coefficient (Wildman–Crippen LogP) is 1.49. The van der Waals surface area contributed by atoms with Gasteiger partial charge in [-0.15, -0.1) is 0 Å². The molecule has 0 rings (SSSR count). The summed E-state index contributed by atoms with van der Waals surface area (Å²) >= 11 is 0. The summed E-state index contributed by atoms with van der Waals surface area (Å²) in [4.78, 5) is 13.4. The van der Waals surface area contributed by atoms with E-state index in [1.54, 1.807) is 0 Å². The van der Waals surface area contributed by atoms with Gasteiger partial charge in [0, 0.05) is 26.6 Å². The first-order chi connectivity index (χ1) is 6.37. The third-order valence-corrected chi connectivity index (χ3v) is 1.90. The van der Waals surface area contributed by atoms with Crippen molar-refractivity contribution in [2.75, 3.05) is 26.7 Å². The lowest BCUT2D eigenvalue weighted by atomic mass is 9.96. The first kappa shape index (κ1) is 13.4. The van der Waals surface area contributed by atoms with Crippen molar-refractivity contribution in [3.8, 4) is 0 Å². The summed E-state index contributed by atoms with van der Waals surface area (Å²) in [6, 6.07) is 0. The molecule has 0 saturated heterocycles. The molecule has 84 valence electrons. The maximum atomic E-state index is 11.6. The summed E-state index contributed by atoms with van der Waals surface area (Å²) in [5, 5.41) is 3.15. The zero-order valence-corrected chi connectivity index (χ0v) is 10.2. The fourth-order valence-corrected chi connectivity index (χ4v) is 1.36. The Morgan fingerprint density at radius 1 is 1.36 bits per heavy atom. The van der Waals surface area contributed by atoms with Crippen molar-refractivity contribution in [1.82, 2.24) is 10.2 Å². The SMILES string of the molecule is CCNCCC(=O)N(C)CC(C)(C)C. The summed E-state index contributed by atoms with van der Waals surface area (Å²) in [6.07, 6.45) is 0.598. The maximum absolute atomic E-state index is 11.6. The molecule has 0 spiro atoms. The first-order valence-corrected chi connectivity index (χ1v) is 5.31. The molecule has 0 aliphatic heterocycles. The molecule has 1 amide bonds. The van der Waals surface area contributed by atoms with E-state index in [1.165, 1.54) is 0 Å². The fourth-order valence-electron chi connectivity index (χ4n) is 1.36. The Balaban J connectivity index is 3.77. The smallest absolute Gasteiger partial charge is 0.223 e. The van der Waals surface area contributed by atoms with Gasteiger partial charge in [0.05, 0.1) is 0 Å². The van der Waals surface area contributed by atoms with Crippen LogP contribution in [0, 0.1) is 5.41 Å². The fraction of sp³-hybridized carbons (Fsp3) is 0.909. The van der Waals surface area contributed by atoms with Crippen LogP contribution >= 0.6 is 0 Å². The molecule has 3 nitrogen and oxygen atoms in total. The van der Waals surface area contributed by atoms with Crippen LogP contribution in [-0.4, -0.2) is 37.5 Å². The maximum Gasteiger partial charge on any atom is 0.223 e. The average molecular weight is 200 g/mol. The van der Waals surface area contributed by atoms with Crippen LogP contribution in [0.3, 0.4) is 0 Å². The number of carbonyl (C=O) groups is 1. The number of amides is 1. The summed E-state index contributed by atoms with van der Waals surface area (Å²) in [7, 11) is 1.87. The lowest BCUT2D eigenvalue weighted by Gasteiger charge is -2.26. The summed E-state index contributed by atoms with van der Waals surface area (Å²) in [6.45, 7) is 11.0. The second-order valence-electron chi connectivity index (χ2n) is 4.91. The number of hydrogen-bond donors (Lipinski definition) is 1. The summed E-state index contributed by atoms with van der Waals surface area (Å²) in [5.74, 6) is 0.223. The van der Waals surface area contributed by atoms with Crippen LogP contribution in [0.2, 0.25) is 0 Å². The molecule has 0 unspecified atom stereocenters. The Hall–Kier alpha value is -0.570. The quantitative estimate of drug-likeness (QED) is 0.682. The second kappa shape index (κ2) is 6.02. The van der Waals surface area contributed by atoms with E-state index in [0.717, 1.165) is 19.6 Å². The number of carbonyl (C=O) groups excluding carboxylic acids is 1. The van der Waals surface area contributed by atoms with Crippen molar-refractivity contribution in [3.63, 3.8) is 0 Å². The van der Waals surface area contributed by atoms with Crippen LogP contribution in [-0.2, 0) is 4.79 Å². The zero-order valence-electron chi connectivity index (χ0n) is 10.2. The van der Waals surface area contributed by atoms with E-state index >= 15 is 0 Å². The van der Waals surface area contributed by atoms with Crippen molar-refractivity contribution >= 4 is 5.91 Å². The van der Waals surface area contributed by atoms with E-state index in [0.29, 0.717) is 6.42 Å². The van der Waals surface area contributed by atoms with Gasteiger partial charge in [-0.3, -0.25) is 4.79 Å². The first-order valence-electron chi connectivity index (χ1n) is 5.31. The molecule has 0 aromatic heterocycles. The van der Waals surface area contributed by atoms with E-state index in [-0.39, 0.29) is 11.3 Å². The number of rotatable bonds is 5. The normalized spacial score (nSPS) is 11.5. The van der Waals surface area contributed by atoms with Crippen molar-refractivity contribution < 1.29 is 4.79 Å². The standard InChI is InChI=1S/C11H24N2O/c1-6-12-8-7-10(14)13(5)9-11(2,3)4/h12H,6-9H2,1-5H3. The van der Waals surface area contributed by atoms with Crippen molar-refractivity contribution in [1.29, 1.82) is 0 Å². The van der Waals surface area contributed by atoms with Crippen LogP contribution in [0.4, 0.5) is 0 Å². The largest absolute Gasteiger partial charge is 0.345 e. The molecule has 0 radical (unpaired) electrons. The molecular formula is C11H24N2O. The molecule has 0 aromatic carbocycles. The Labute approximate surface area is 87.9 Å². The predicted molar refractivity (Wildman–Crippen MR) is 60.3 cm³/mol. The van der Waals surface area contributed by atoms with E-state index < -0.39 is 0 Å². The molecule has 14 heavy (non-hydrogen) atoms. The highest BCUT2D eigenvalue weighted by Gasteiger charge is 2.16. The minimum Gasteiger partial charge on any atom is -0.345 e. The Bertz CT molecular complexity index is 173. The monoisotopic (exact) mass is 200 g/mol. The number of hydrogen-bond acceptors (Lipinski definition) is 2. The topological polar surface area (TPSA) is 32.3 Å². The van der Waals surface area contributed by atoms with Crippen LogP contribution in [0.15, 0.2) is 0 Å². The van der Waals surface area contributed by atoms with Gasteiger partial charge >= 0.3 is 0 Å². The molecule has 0 fully saturated rings. The lowest BCUT2D eigenvalue weighted by Crippen LogP contribution is -2.35. The molecule has 1 N–H and O–H groups in total. The minimum atomic E-state index is 0.183. The van der Waals surface area contributed by atoms with Gasteiger partial charge in [0.1, 0.15) is 0 Å². The van der Waals surface area contributed by atoms with Gasteiger partial charge < -0.3 is 10.2 Å². The van der Waals surface area contributed by atoms with Gasteiger partial charge in [-0.1, -0.05) is 27.7 Å². The van der Waals surface area contributed by atoms with Crippen LogP contribution in [0.5, 0.6) is 0 Å². The van der Waals surface area contributed by atoms with Gasteiger partial charge in [0.2, 0.25) is 5.91 Å². The summed E-state index contributed by atoms with van der Waals surface area (Å²) < 4.78 is 0. The van der Waals surface area contributed by atoms with Crippen LogP contribution in [0.1, 0.15) is 34.1 Å². The highest BCUT2D eigenvalue weighted by Crippen LogP contribution is 2.14.